The van der Waals surface area contributed by atoms with Crippen molar-refractivity contribution in [2.24, 2.45) is 0 Å². The Morgan fingerprint density at radius 1 is 1.48 bits per heavy atom. The van der Waals surface area contributed by atoms with E-state index in [0.717, 1.165) is 5.56 Å². The normalized spacial score (nSPS) is 11.1. The van der Waals surface area contributed by atoms with Gasteiger partial charge in [0.1, 0.15) is 10.9 Å². The van der Waals surface area contributed by atoms with E-state index < -0.39 is 0 Å². The van der Waals surface area contributed by atoms with Gasteiger partial charge < -0.3 is 11.1 Å². The van der Waals surface area contributed by atoms with Gasteiger partial charge in [0.05, 0.1) is 6.54 Å². The number of amides is 1. The van der Waals surface area contributed by atoms with Gasteiger partial charge in [-0.3, -0.25) is 14.0 Å². The van der Waals surface area contributed by atoms with E-state index in [0.29, 0.717) is 29.0 Å². The molecule has 0 aliphatic heterocycles. The third kappa shape index (κ3) is 2.12. The van der Waals surface area contributed by atoms with E-state index in [9.17, 15) is 9.59 Å². The molecule has 0 unspecified atom stereocenters. The fraction of sp³-hybridized carbons (Fsp3) is 0.250. The lowest BCUT2D eigenvalue weighted by atomic mass is 10.1. The fourth-order valence-electron chi connectivity index (χ4n) is 2.75. The van der Waals surface area contributed by atoms with Crippen molar-refractivity contribution in [2.75, 3.05) is 12.8 Å². The molecule has 0 saturated heterocycles. The minimum Gasteiger partial charge on any atom is -0.355 e. The van der Waals surface area contributed by atoms with Gasteiger partial charge in [-0.25, -0.2) is 4.57 Å². The zero-order valence-electron chi connectivity index (χ0n) is 13.3. The molecule has 0 spiro atoms. The maximum Gasteiger partial charge on any atom is 0.278 e. The molecule has 3 N–H and O–H groups in total. The van der Waals surface area contributed by atoms with Gasteiger partial charge in [-0.15, -0.1) is 0 Å². The highest BCUT2D eigenvalue weighted by atomic mass is 16.1. The molecule has 0 aliphatic carbocycles. The molecule has 0 fully saturated rings. The second-order valence-electron chi connectivity index (χ2n) is 5.31. The molecule has 3 rings (SSSR count). The maximum atomic E-state index is 12.8. The van der Waals surface area contributed by atoms with Gasteiger partial charge in [-0.05, 0) is 26.0 Å². The van der Waals surface area contributed by atoms with Crippen LogP contribution in [0.15, 0.2) is 29.2 Å². The van der Waals surface area contributed by atoms with Gasteiger partial charge in [0.2, 0.25) is 11.5 Å². The summed E-state index contributed by atoms with van der Waals surface area (Å²) in [4.78, 5) is 29.5. The minimum atomic E-state index is -0.333. The zero-order chi connectivity index (χ0) is 16.7. The van der Waals surface area contributed by atoms with E-state index >= 15 is 0 Å². The van der Waals surface area contributed by atoms with Crippen LogP contribution >= 0.6 is 0 Å². The summed E-state index contributed by atoms with van der Waals surface area (Å²) in [6.45, 7) is 4.29. The van der Waals surface area contributed by atoms with Crippen LogP contribution in [0.5, 0.6) is 0 Å². The number of nitrogens with two attached hydrogens (primary N) is 1. The Labute approximate surface area is 132 Å². The van der Waals surface area contributed by atoms with Crippen LogP contribution in [0.4, 0.5) is 5.82 Å². The number of anilines is 1. The number of carbonyl (C=O) groups is 1. The molecule has 118 valence electrons. The molecule has 3 aromatic rings. The van der Waals surface area contributed by atoms with Crippen molar-refractivity contribution in [2.45, 2.75) is 20.4 Å². The number of nitrogen functional groups attached to an aromatic ring is 1. The number of hydrogen-bond donors (Lipinski definition) is 2. The molecular formula is C16H18N5O2+. The topological polar surface area (TPSA) is 93.4 Å². The Balaban J connectivity index is 2.56. The summed E-state index contributed by atoms with van der Waals surface area (Å²) >= 11 is 0. The van der Waals surface area contributed by atoms with Crippen LogP contribution in [0.2, 0.25) is 0 Å². The van der Waals surface area contributed by atoms with Gasteiger partial charge >= 0.3 is 0 Å². The Hall–Kier alpha value is -2.96. The number of aromatic nitrogens is 3. The van der Waals surface area contributed by atoms with Crippen LogP contribution in [-0.2, 0) is 6.54 Å². The van der Waals surface area contributed by atoms with Crippen molar-refractivity contribution in [1.82, 2.24) is 14.7 Å². The number of hydrogen-bond acceptors (Lipinski definition) is 4. The highest BCUT2D eigenvalue weighted by molar-refractivity contribution is 6.00. The smallest absolute Gasteiger partial charge is 0.278 e. The Kier molecular flexibility index (Phi) is 3.48. The Morgan fingerprint density at radius 2 is 2.22 bits per heavy atom. The average Bonchev–Trinajstić information content (AvgIpc) is 2.55. The number of nitrogens with zero attached hydrogens (tertiary/aromatic N) is 3. The summed E-state index contributed by atoms with van der Waals surface area (Å²) in [6.07, 6.45) is 1.67. The second kappa shape index (κ2) is 5.35. The summed E-state index contributed by atoms with van der Waals surface area (Å²) in [7, 11) is 1.52. The largest absolute Gasteiger partial charge is 0.355 e. The van der Waals surface area contributed by atoms with Crippen molar-refractivity contribution >= 4 is 28.4 Å². The summed E-state index contributed by atoms with van der Waals surface area (Å²) in [5.41, 5.74) is 8.13. The van der Waals surface area contributed by atoms with Crippen LogP contribution in [0.25, 0.3) is 16.7 Å². The Bertz CT molecular complexity index is 1010. The highest BCUT2D eigenvalue weighted by Crippen LogP contribution is 2.15. The monoisotopic (exact) mass is 312 g/mol. The van der Waals surface area contributed by atoms with Gasteiger partial charge in [0, 0.05) is 18.8 Å². The first-order valence-electron chi connectivity index (χ1n) is 7.35. The van der Waals surface area contributed by atoms with E-state index in [2.05, 4.69) is 10.3 Å². The molecule has 3 aromatic heterocycles. The first-order chi connectivity index (χ1) is 11.0. The van der Waals surface area contributed by atoms with E-state index in [4.69, 9.17) is 5.73 Å². The average molecular weight is 312 g/mol. The van der Waals surface area contributed by atoms with Gasteiger partial charge in [-0.1, -0.05) is 11.1 Å². The first kappa shape index (κ1) is 15.0. The minimum absolute atomic E-state index is 0.221. The molecular weight excluding hydrogens is 294 g/mol. The third-order valence-corrected chi connectivity index (χ3v) is 3.96. The lowest BCUT2D eigenvalue weighted by Gasteiger charge is -2.10. The maximum absolute atomic E-state index is 12.8. The Morgan fingerprint density at radius 3 is 2.87 bits per heavy atom. The van der Waals surface area contributed by atoms with Crippen molar-refractivity contribution in [3.63, 3.8) is 0 Å². The second-order valence-corrected chi connectivity index (χ2v) is 5.31. The van der Waals surface area contributed by atoms with Crippen molar-refractivity contribution in [1.29, 1.82) is 0 Å². The van der Waals surface area contributed by atoms with E-state index in [1.807, 2.05) is 19.9 Å². The number of carbonyl (C=O) groups excluding carboxylic acids is 1. The van der Waals surface area contributed by atoms with Crippen molar-refractivity contribution in [3.8, 4) is 0 Å². The molecule has 0 aromatic carbocycles. The van der Waals surface area contributed by atoms with Crippen LogP contribution in [0, 0.1) is 6.92 Å². The summed E-state index contributed by atoms with van der Waals surface area (Å²) in [5, 5.41) is 2.91. The summed E-state index contributed by atoms with van der Waals surface area (Å²) in [6, 6.07) is 5.20. The molecule has 7 heteroatoms. The molecule has 23 heavy (non-hydrogen) atoms. The van der Waals surface area contributed by atoms with Gasteiger partial charge in [-0.2, -0.15) is 0 Å². The number of nitrogens with one attached hydrogen (secondary N) is 1. The molecule has 1 amide bonds. The third-order valence-electron chi connectivity index (χ3n) is 3.96. The highest BCUT2D eigenvalue weighted by Gasteiger charge is 2.23. The molecule has 0 bridgehead atoms. The number of pyridine rings is 2. The summed E-state index contributed by atoms with van der Waals surface area (Å²) < 4.78 is 3.18. The van der Waals surface area contributed by atoms with Crippen molar-refractivity contribution in [3.05, 3.63) is 45.9 Å². The number of aryl methyl sites for hydroxylation is 2. The molecule has 0 atom stereocenters. The van der Waals surface area contributed by atoms with Crippen LogP contribution in [0.3, 0.4) is 0 Å². The predicted octanol–water partition coefficient (Wildman–Crippen LogP) is 0.405. The SMILES string of the molecule is CC[n+]1c(N)c(C(=O)NC)cc2c(=O)n3cccc(C)c3nc21. The molecule has 0 aliphatic rings. The molecule has 0 radical (unpaired) electrons. The first-order valence-corrected chi connectivity index (χ1v) is 7.35. The zero-order valence-corrected chi connectivity index (χ0v) is 13.3. The molecule has 7 nitrogen and oxygen atoms in total. The predicted molar refractivity (Wildman–Crippen MR) is 87.4 cm³/mol. The number of fused-ring (bicyclic) bond motifs is 2. The lowest BCUT2D eigenvalue weighted by molar-refractivity contribution is -0.655. The standard InChI is InChI=1S/C16H17N5O2/c1-4-20-12(17)10(15(22)18-3)8-11-14(20)19-13-9(2)6-5-7-21(13)16(11)23/h5-8,17H,4H2,1-3H3,(H,18,22)/p+1. The van der Waals surface area contributed by atoms with Crippen molar-refractivity contribution < 1.29 is 9.36 Å². The van der Waals surface area contributed by atoms with Crippen LogP contribution in [0.1, 0.15) is 22.8 Å². The van der Waals surface area contributed by atoms with E-state index in [-0.39, 0.29) is 17.0 Å². The van der Waals surface area contributed by atoms with Gasteiger partial charge in [0.15, 0.2) is 0 Å². The van der Waals surface area contributed by atoms with Gasteiger partial charge in [0.25, 0.3) is 17.1 Å². The molecule has 3 heterocycles. The number of rotatable bonds is 2. The summed E-state index contributed by atoms with van der Waals surface area (Å²) in [5.74, 6) is -0.0375. The van der Waals surface area contributed by atoms with Crippen LogP contribution in [-0.4, -0.2) is 22.3 Å². The van der Waals surface area contributed by atoms with Crippen LogP contribution < -0.4 is 21.2 Å². The quantitative estimate of drug-likeness (QED) is 0.529. The lowest BCUT2D eigenvalue weighted by Crippen LogP contribution is -2.41. The van der Waals surface area contributed by atoms with E-state index in [1.54, 1.807) is 16.8 Å². The van der Waals surface area contributed by atoms with E-state index in [1.165, 1.54) is 17.5 Å². The fourth-order valence-corrected chi connectivity index (χ4v) is 2.75. The molecule has 0 saturated carbocycles.